The number of piperidine rings is 1. The van der Waals surface area contributed by atoms with Crippen molar-refractivity contribution in [1.82, 2.24) is 24.8 Å². The molecule has 1 amide bonds. The summed E-state index contributed by atoms with van der Waals surface area (Å²) < 4.78 is 7.46. The zero-order chi connectivity index (χ0) is 27.1. The van der Waals surface area contributed by atoms with Gasteiger partial charge >= 0.3 is 6.09 Å². The number of amides is 1. The molecule has 1 aliphatic heterocycles. The minimum absolute atomic E-state index is 0.379. The number of imidazole rings is 1. The first-order valence-corrected chi connectivity index (χ1v) is 13.3. The number of nitrogens with one attached hydrogen (secondary N) is 1. The van der Waals surface area contributed by atoms with Gasteiger partial charge in [-0.3, -0.25) is 4.57 Å². The van der Waals surface area contributed by atoms with Crippen LogP contribution in [0.1, 0.15) is 40.5 Å². The summed E-state index contributed by atoms with van der Waals surface area (Å²) in [6.45, 7) is 9.00. The van der Waals surface area contributed by atoms with Crippen LogP contribution in [-0.4, -0.2) is 49.8 Å². The lowest BCUT2D eigenvalue weighted by Gasteiger charge is -2.40. The number of nitrogens with zero attached hydrogens (tertiary/aromatic N) is 5. The summed E-state index contributed by atoms with van der Waals surface area (Å²) in [5.74, 6) is 1.42. The second-order valence-electron chi connectivity index (χ2n) is 10.8. The Labute approximate surface area is 232 Å². The Morgan fingerprint density at radius 3 is 2.37 bits per heavy atom. The zero-order valence-electron chi connectivity index (χ0n) is 21.8. The quantitative estimate of drug-likeness (QED) is 0.304. The Kier molecular flexibility index (Phi) is 6.96. The highest BCUT2D eigenvalue weighted by Gasteiger charge is 2.34. The molecule has 0 radical (unpaired) electrons. The highest BCUT2D eigenvalue weighted by atomic mass is 35.5. The number of carbonyl (C=O) groups excluding carboxylic acids is 1. The molecule has 3 heterocycles. The van der Waals surface area contributed by atoms with E-state index < -0.39 is 11.7 Å². The van der Waals surface area contributed by atoms with Crippen molar-refractivity contribution in [2.75, 3.05) is 18.0 Å². The van der Waals surface area contributed by atoms with Crippen LogP contribution in [0.2, 0.25) is 10.0 Å². The fraction of sp³-hybridized carbons (Fsp3) is 0.357. The number of alkyl carbamates (subject to hydrolysis) is 1. The van der Waals surface area contributed by atoms with Gasteiger partial charge in [-0.25, -0.2) is 19.7 Å². The molecule has 2 aromatic carbocycles. The molecule has 1 N–H and O–H groups in total. The van der Waals surface area contributed by atoms with Gasteiger partial charge < -0.3 is 15.0 Å². The summed E-state index contributed by atoms with van der Waals surface area (Å²) in [4.78, 5) is 28.9. The van der Waals surface area contributed by atoms with E-state index in [0.717, 1.165) is 29.9 Å². The van der Waals surface area contributed by atoms with Crippen molar-refractivity contribution in [3.63, 3.8) is 0 Å². The molecule has 0 aliphatic carbocycles. The molecule has 0 saturated carbocycles. The van der Waals surface area contributed by atoms with Gasteiger partial charge in [0.2, 0.25) is 0 Å². The summed E-state index contributed by atoms with van der Waals surface area (Å²) in [6, 6.07) is 15.1. The Morgan fingerprint density at radius 1 is 1.03 bits per heavy atom. The minimum Gasteiger partial charge on any atom is -0.444 e. The molecule has 10 heteroatoms. The minimum atomic E-state index is -0.546. The number of benzene rings is 2. The first-order chi connectivity index (χ1) is 18.0. The second kappa shape index (κ2) is 10.1. The molecule has 1 saturated heterocycles. The number of hydrogen-bond acceptors (Lipinski definition) is 6. The van der Waals surface area contributed by atoms with Crippen LogP contribution in [0.5, 0.6) is 0 Å². The molecule has 1 fully saturated rings. The molecule has 1 aliphatic rings. The van der Waals surface area contributed by atoms with Gasteiger partial charge in [0.05, 0.1) is 5.02 Å². The summed E-state index contributed by atoms with van der Waals surface area (Å²) in [5.41, 5.74) is 2.09. The lowest BCUT2D eigenvalue weighted by Crippen LogP contribution is -2.54. The van der Waals surface area contributed by atoms with Gasteiger partial charge in [0, 0.05) is 34.9 Å². The molecule has 0 atom stereocenters. The van der Waals surface area contributed by atoms with Gasteiger partial charge in [-0.05, 0) is 76.9 Å². The van der Waals surface area contributed by atoms with E-state index in [1.54, 1.807) is 6.33 Å². The van der Waals surface area contributed by atoms with Crippen LogP contribution in [0.15, 0.2) is 54.9 Å². The maximum Gasteiger partial charge on any atom is 0.408 e. The van der Waals surface area contributed by atoms with Gasteiger partial charge in [0.15, 0.2) is 17.0 Å². The van der Waals surface area contributed by atoms with Crippen molar-refractivity contribution in [2.45, 2.75) is 51.7 Å². The highest BCUT2D eigenvalue weighted by molar-refractivity contribution is 6.33. The standard InChI is InChI=1S/C28H30Cl2N6O2/c1-27(2,3)38-26(37)34-28(4)13-15-35(16-14-28)24-22-25(32-17-31-24)36(19-11-9-18(29)10-12-19)23(33-22)20-7-5-6-8-21(20)30/h5-12,17H,13-16H2,1-4H3,(H,34,37). The van der Waals surface area contributed by atoms with Crippen molar-refractivity contribution < 1.29 is 9.53 Å². The number of carbonyl (C=O) groups is 1. The monoisotopic (exact) mass is 552 g/mol. The molecule has 0 unspecified atom stereocenters. The average molecular weight is 553 g/mol. The number of fused-ring (bicyclic) bond motifs is 1. The van der Waals surface area contributed by atoms with Crippen molar-refractivity contribution in [1.29, 1.82) is 0 Å². The van der Waals surface area contributed by atoms with Crippen LogP contribution in [0.4, 0.5) is 10.6 Å². The number of rotatable bonds is 4. The van der Waals surface area contributed by atoms with E-state index in [0.29, 0.717) is 40.1 Å². The first kappa shape index (κ1) is 26.3. The third-order valence-electron chi connectivity index (χ3n) is 6.59. The summed E-state index contributed by atoms with van der Waals surface area (Å²) in [7, 11) is 0. The third-order valence-corrected chi connectivity index (χ3v) is 7.18. The van der Waals surface area contributed by atoms with Gasteiger partial charge in [-0.1, -0.05) is 35.3 Å². The SMILES string of the molecule is CC1(NC(=O)OC(C)(C)C)CCN(c2ncnc3c2nc(-c2ccccc2Cl)n3-c2ccc(Cl)cc2)CC1. The molecule has 198 valence electrons. The van der Waals surface area contributed by atoms with Crippen molar-refractivity contribution in [3.05, 3.63) is 64.9 Å². The molecule has 38 heavy (non-hydrogen) atoms. The fourth-order valence-electron chi connectivity index (χ4n) is 4.66. The van der Waals surface area contributed by atoms with Crippen molar-refractivity contribution in [2.24, 2.45) is 0 Å². The van der Waals surface area contributed by atoms with Crippen LogP contribution in [-0.2, 0) is 4.74 Å². The normalized spacial score (nSPS) is 15.5. The Morgan fingerprint density at radius 2 is 1.71 bits per heavy atom. The van der Waals surface area contributed by atoms with Crippen LogP contribution in [0.25, 0.3) is 28.2 Å². The number of aromatic nitrogens is 4. The molecular weight excluding hydrogens is 523 g/mol. The lowest BCUT2D eigenvalue weighted by molar-refractivity contribution is 0.0448. The summed E-state index contributed by atoms with van der Waals surface area (Å²) in [6.07, 6.45) is 2.62. The molecule has 4 aromatic rings. The summed E-state index contributed by atoms with van der Waals surface area (Å²) in [5, 5.41) is 4.30. The zero-order valence-corrected chi connectivity index (χ0v) is 23.3. The Hall–Kier alpha value is -3.36. The van der Waals surface area contributed by atoms with E-state index in [-0.39, 0.29) is 5.54 Å². The van der Waals surface area contributed by atoms with E-state index in [9.17, 15) is 4.79 Å². The maximum absolute atomic E-state index is 12.4. The van der Waals surface area contributed by atoms with Crippen LogP contribution >= 0.6 is 23.2 Å². The lowest BCUT2D eigenvalue weighted by atomic mass is 9.90. The first-order valence-electron chi connectivity index (χ1n) is 12.5. The summed E-state index contributed by atoms with van der Waals surface area (Å²) >= 11 is 12.8. The van der Waals surface area contributed by atoms with Gasteiger partial charge in [0.25, 0.3) is 0 Å². The van der Waals surface area contributed by atoms with Crippen LogP contribution < -0.4 is 10.2 Å². The highest BCUT2D eigenvalue weighted by Crippen LogP contribution is 2.36. The number of ether oxygens (including phenoxy) is 1. The fourth-order valence-corrected chi connectivity index (χ4v) is 5.00. The predicted octanol–water partition coefficient (Wildman–Crippen LogP) is 6.67. The molecule has 5 rings (SSSR count). The van der Waals surface area contributed by atoms with Crippen molar-refractivity contribution >= 4 is 46.3 Å². The average Bonchev–Trinajstić information content (AvgIpc) is 3.23. The van der Waals surface area contributed by atoms with Crippen molar-refractivity contribution in [3.8, 4) is 17.1 Å². The van der Waals surface area contributed by atoms with Gasteiger partial charge in [0.1, 0.15) is 17.8 Å². The smallest absolute Gasteiger partial charge is 0.408 e. The molecule has 0 bridgehead atoms. The second-order valence-corrected chi connectivity index (χ2v) is 11.6. The number of halogens is 2. The topological polar surface area (TPSA) is 85.2 Å². The van der Waals surface area contributed by atoms with E-state index in [2.05, 4.69) is 27.1 Å². The maximum atomic E-state index is 12.4. The van der Waals surface area contributed by atoms with E-state index >= 15 is 0 Å². The van der Waals surface area contributed by atoms with Gasteiger partial charge in [-0.15, -0.1) is 0 Å². The van der Waals surface area contributed by atoms with Crippen LogP contribution in [0.3, 0.4) is 0 Å². The van der Waals surface area contributed by atoms with E-state index in [1.807, 2.05) is 73.9 Å². The molecule has 2 aromatic heterocycles. The number of anilines is 1. The Balaban J connectivity index is 1.50. The number of hydrogen-bond donors (Lipinski definition) is 1. The third kappa shape index (κ3) is 5.42. The van der Waals surface area contributed by atoms with E-state index in [1.165, 1.54) is 0 Å². The van der Waals surface area contributed by atoms with E-state index in [4.69, 9.17) is 32.9 Å². The predicted molar refractivity (Wildman–Crippen MR) is 151 cm³/mol. The molecule has 8 nitrogen and oxygen atoms in total. The largest absolute Gasteiger partial charge is 0.444 e. The molecule has 0 spiro atoms. The Bertz CT molecular complexity index is 1470. The van der Waals surface area contributed by atoms with Gasteiger partial charge in [-0.2, -0.15) is 0 Å². The molecular formula is C28H30Cl2N6O2. The van der Waals surface area contributed by atoms with Crippen LogP contribution in [0, 0.1) is 0 Å².